The van der Waals surface area contributed by atoms with Crippen molar-refractivity contribution in [2.75, 3.05) is 26.5 Å². The molecule has 3 rings (SSSR count). The van der Waals surface area contributed by atoms with Gasteiger partial charge in [-0.15, -0.1) is 0 Å². The number of carbonyl (C=O) groups is 1. The Morgan fingerprint density at radius 3 is 2.55 bits per heavy atom. The van der Waals surface area contributed by atoms with E-state index in [9.17, 15) is 9.90 Å². The molecule has 0 aliphatic carbocycles. The summed E-state index contributed by atoms with van der Waals surface area (Å²) in [7, 11) is 5.13. The van der Waals surface area contributed by atoms with Crippen molar-refractivity contribution < 1.29 is 14.6 Å². The van der Waals surface area contributed by atoms with Gasteiger partial charge in [0, 0.05) is 42.6 Å². The van der Waals surface area contributed by atoms with E-state index in [2.05, 4.69) is 10.4 Å². The second-order valence-corrected chi connectivity index (χ2v) is 6.94. The van der Waals surface area contributed by atoms with Crippen LogP contribution in [0.4, 0.5) is 5.69 Å². The molecule has 7 nitrogen and oxygen atoms in total. The standard InChI is InChI=1S/C21H21ClN4O3/c1-25(2)13-23-26-12-15(14-4-6-16(22)7-5-14)10-18(26)21(28)24-17-8-9-19(27)20(11-17)29-3/h4-13,27H,1-3H3,(H,24,28)/b23-13+. The zero-order valence-electron chi connectivity index (χ0n) is 16.3. The second kappa shape index (κ2) is 8.70. The molecular weight excluding hydrogens is 392 g/mol. The topological polar surface area (TPSA) is 79.1 Å². The number of carbonyl (C=O) groups excluding carboxylic acids is 1. The first-order valence-corrected chi connectivity index (χ1v) is 9.13. The van der Waals surface area contributed by atoms with Gasteiger partial charge in [0.15, 0.2) is 11.5 Å². The fourth-order valence-corrected chi connectivity index (χ4v) is 2.75. The molecule has 1 heterocycles. The number of phenols is 1. The van der Waals surface area contributed by atoms with Gasteiger partial charge in [0.05, 0.1) is 7.11 Å². The summed E-state index contributed by atoms with van der Waals surface area (Å²) in [5, 5.41) is 17.5. The molecule has 0 fully saturated rings. The number of halogens is 1. The zero-order valence-corrected chi connectivity index (χ0v) is 17.0. The molecule has 150 valence electrons. The number of hydrogen-bond donors (Lipinski definition) is 2. The van der Waals surface area contributed by atoms with Gasteiger partial charge in [0.1, 0.15) is 12.0 Å². The van der Waals surface area contributed by atoms with Crippen molar-refractivity contribution in [1.82, 2.24) is 9.58 Å². The normalized spacial score (nSPS) is 10.9. The van der Waals surface area contributed by atoms with Crippen molar-refractivity contribution in [3.63, 3.8) is 0 Å². The van der Waals surface area contributed by atoms with E-state index in [1.807, 2.05) is 26.2 Å². The molecule has 29 heavy (non-hydrogen) atoms. The first-order valence-electron chi connectivity index (χ1n) is 8.75. The van der Waals surface area contributed by atoms with Crippen molar-refractivity contribution in [1.29, 1.82) is 0 Å². The zero-order chi connectivity index (χ0) is 21.0. The summed E-state index contributed by atoms with van der Waals surface area (Å²) >= 11 is 5.97. The first kappa shape index (κ1) is 20.3. The van der Waals surface area contributed by atoms with Crippen LogP contribution in [0, 0.1) is 0 Å². The molecule has 0 radical (unpaired) electrons. The molecule has 3 aromatic rings. The molecule has 0 aliphatic rings. The van der Waals surface area contributed by atoms with Crippen molar-refractivity contribution >= 4 is 29.5 Å². The molecule has 0 unspecified atom stereocenters. The monoisotopic (exact) mass is 412 g/mol. The van der Waals surface area contributed by atoms with Gasteiger partial charge in [0.25, 0.3) is 5.91 Å². The first-order chi connectivity index (χ1) is 13.9. The molecule has 1 amide bonds. The van der Waals surface area contributed by atoms with Gasteiger partial charge < -0.3 is 20.1 Å². The minimum atomic E-state index is -0.353. The van der Waals surface area contributed by atoms with E-state index < -0.39 is 0 Å². The smallest absolute Gasteiger partial charge is 0.274 e. The number of aromatic hydroxyl groups is 1. The van der Waals surface area contributed by atoms with Crippen molar-refractivity contribution in [2.45, 2.75) is 0 Å². The summed E-state index contributed by atoms with van der Waals surface area (Å²) in [6.07, 6.45) is 3.38. The molecule has 0 aliphatic heterocycles. The second-order valence-electron chi connectivity index (χ2n) is 6.50. The summed E-state index contributed by atoms with van der Waals surface area (Å²) in [5.41, 5.74) is 2.57. The number of amides is 1. The van der Waals surface area contributed by atoms with Crippen LogP contribution in [0.1, 0.15) is 10.5 Å². The number of benzene rings is 2. The van der Waals surface area contributed by atoms with Gasteiger partial charge in [-0.3, -0.25) is 4.79 Å². The fraction of sp³-hybridized carbons (Fsp3) is 0.143. The Balaban J connectivity index is 1.95. The minimum Gasteiger partial charge on any atom is -0.504 e. The van der Waals surface area contributed by atoms with Crippen molar-refractivity contribution in [2.24, 2.45) is 5.10 Å². The van der Waals surface area contributed by atoms with Crippen LogP contribution in [0.2, 0.25) is 5.02 Å². The summed E-state index contributed by atoms with van der Waals surface area (Å²) < 4.78 is 6.60. The predicted octanol–water partition coefficient (Wildman–Crippen LogP) is 4.13. The Kier molecular flexibility index (Phi) is 6.09. The van der Waals surface area contributed by atoms with Crippen LogP contribution in [-0.2, 0) is 0 Å². The van der Waals surface area contributed by atoms with Crippen LogP contribution in [-0.4, -0.2) is 48.1 Å². The number of methoxy groups -OCH3 is 1. The van der Waals surface area contributed by atoms with E-state index >= 15 is 0 Å². The fourth-order valence-electron chi connectivity index (χ4n) is 2.63. The molecule has 2 N–H and O–H groups in total. The molecule has 2 aromatic carbocycles. The average molecular weight is 413 g/mol. The molecule has 0 atom stereocenters. The number of ether oxygens (including phenoxy) is 1. The third-order valence-electron chi connectivity index (χ3n) is 4.06. The Morgan fingerprint density at radius 2 is 1.90 bits per heavy atom. The molecule has 0 saturated heterocycles. The number of nitrogens with one attached hydrogen (secondary N) is 1. The van der Waals surface area contributed by atoms with Gasteiger partial charge in [0.2, 0.25) is 0 Å². The lowest BCUT2D eigenvalue weighted by atomic mass is 10.1. The molecular formula is C21H21ClN4O3. The van der Waals surface area contributed by atoms with Crippen LogP contribution in [0.5, 0.6) is 11.5 Å². The molecule has 8 heteroatoms. The van der Waals surface area contributed by atoms with Gasteiger partial charge in [-0.2, -0.15) is 5.10 Å². The van der Waals surface area contributed by atoms with Crippen molar-refractivity contribution in [3.05, 3.63) is 65.4 Å². The molecule has 1 aromatic heterocycles. The van der Waals surface area contributed by atoms with Crippen LogP contribution in [0.15, 0.2) is 59.8 Å². The quantitative estimate of drug-likeness (QED) is 0.362. The number of anilines is 1. The number of aromatic nitrogens is 1. The Bertz CT molecular complexity index is 1040. The van der Waals surface area contributed by atoms with Gasteiger partial charge in [-0.25, -0.2) is 4.68 Å². The maximum absolute atomic E-state index is 12.9. The molecule has 0 saturated carbocycles. The predicted molar refractivity (Wildman–Crippen MR) is 115 cm³/mol. The van der Waals surface area contributed by atoms with E-state index in [-0.39, 0.29) is 17.4 Å². The van der Waals surface area contributed by atoms with E-state index in [1.165, 1.54) is 17.9 Å². The summed E-state index contributed by atoms with van der Waals surface area (Å²) in [4.78, 5) is 14.7. The number of hydrogen-bond acceptors (Lipinski definition) is 4. The molecule has 0 spiro atoms. The van der Waals surface area contributed by atoms with Gasteiger partial charge in [-0.05, 0) is 35.9 Å². The SMILES string of the molecule is COc1cc(NC(=O)c2cc(-c3ccc(Cl)cc3)cn2/N=C/N(C)C)ccc1O. The lowest BCUT2D eigenvalue weighted by Gasteiger charge is -2.09. The highest BCUT2D eigenvalue weighted by Gasteiger charge is 2.16. The minimum absolute atomic E-state index is 0.00511. The highest BCUT2D eigenvalue weighted by molar-refractivity contribution is 6.30. The lowest BCUT2D eigenvalue weighted by Crippen LogP contribution is -2.16. The van der Waals surface area contributed by atoms with Gasteiger partial charge in [-0.1, -0.05) is 23.7 Å². The van der Waals surface area contributed by atoms with Crippen LogP contribution >= 0.6 is 11.6 Å². The highest BCUT2D eigenvalue weighted by Crippen LogP contribution is 2.29. The van der Waals surface area contributed by atoms with Crippen LogP contribution in [0.25, 0.3) is 11.1 Å². The lowest BCUT2D eigenvalue weighted by molar-refractivity contribution is 0.101. The summed E-state index contributed by atoms with van der Waals surface area (Å²) in [6, 6.07) is 13.7. The van der Waals surface area contributed by atoms with E-state index in [4.69, 9.17) is 16.3 Å². The van der Waals surface area contributed by atoms with E-state index in [1.54, 1.807) is 47.8 Å². The van der Waals surface area contributed by atoms with Crippen LogP contribution < -0.4 is 10.1 Å². The maximum Gasteiger partial charge on any atom is 0.274 e. The molecule has 0 bridgehead atoms. The van der Waals surface area contributed by atoms with Crippen LogP contribution in [0.3, 0.4) is 0 Å². The largest absolute Gasteiger partial charge is 0.504 e. The van der Waals surface area contributed by atoms with E-state index in [0.29, 0.717) is 16.4 Å². The summed E-state index contributed by atoms with van der Waals surface area (Å²) in [5.74, 6) is -0.0889. The number of nitrogens with zero attached hydrogens (tertiary/aromatic N) is 3. The van der Waals surface area contributed by atoms with Gasteiger partial charge >= 0.3 is 0 Å². The Morgan fingerprint density at radius 1 is 1.17 bits per heavy atom. The third-order valence-corrected chi connectivity index (χ3v) is 4.31. The number of phenolic OH excluding ortho intramolecular Hbond substituents is 1. The maximum atomic E-state index is 12.9. The van der Waals surface area contributed by atoms with E-state index in [0.717, 1.165) is 11.1 Å². The van der Waals surface area contributed by atoms with Crippen molar-refractivity contribution in [3.8, 4) is 22.6 Å². The Hall–Kier alpha value is -3.45. The Labute approximate surface area is 173 Å². The average Bonchev–Trinajstić information content (AvgIpc) is 3.12. The highest BCUT2D eigenvalue weighted by atomic mass is 35.5. The summed E-state index contributed by atoms with van der Waals surface area (Å²) in [6.45, 7) is 0. The third kappa shape index (κ3) is 4.89. The number of rotatable bonds is 6.